The topological polar surface area (TPSA) is 116 Å². The molecule has 0 aliphatic heterocycles. The molecule has 0 aliphatic rings. The van der Waals surface area contributed by atoms with Crippen molar-refractivity contribution in [3.63, 3.8) is 0 Å². The first-order chi connectivity index (χ1) is 11.4. The van der Waals surface area contributed by atoms with Gasteiger partial charge in [-0.05, 0) is 46.5 Å². The van der Waals surface area contributed by atoms with Crippen LogP contribution in [0.3, 0.4) is 0 Å². The van der Waals surface area contributed by atoms with Crippen LogP contribution in [0.1, 0.15) is 10.4 Å². The number of aromatic nitrogens is 4. The monoisotopic (exact) mass is 364 g/mol. The molecule has 8 nitrogen and oxygen atoms in total. The highest BCUT2D eigenvalue weighted by atomic mass is 32.2. The molecule has 0 radical (unpaired) electrons. The Morgan fingerprint density at radius 3 is 2.75 bits per heavy atom. The number of hydrogen-bond acceptors (Lipinski definition) is 7. The number of rotatable bonds is 5. The zero-order valence-electron chi connectivity index (χ0n) is 13.1. The van der Waals surface area contributed by atoms with Gasteiger partial charge in [0.15, 0.2) is 5.82 Å². The smallest absolute Gasteiger partial charge is 0.238 e. The van der Waals surface area contributed by atoms with E-state index in [0.29, 0.717) is 23.5 Å². The fourth-order valence-corrected chi connectivity index (χ4v) is 3.81. The number of primary sulfonamides is 1. The van der Waals surface area contributed by atoms with Gasteiger partial charge < -0.3 is 5.32 Å². The molecule has 1 aromatic carbocycles. The zero-order valence-corrected chi connectivity index (χ0v) is 14.7. The molecule has 3 rings (SSSR count). The molecule has 0 unspecified atom stereocenters. The number of benzene rings is 1. The molecule has 0 saturated heterocycles. The second-order valence-electron chi connectivity index (χ2n) is 5.27. The summed E-state index contributed by atoms with van der Waals surface area (Å²) in [7, 11) is -2.15. The fourth-order valence-electron chi connectivity index (χ4n) is 2.38. The summed E-state index contributed by atoms with van der Waals surface area (Å²) in [6.07, 6.45) is 0. The van der Waals surface area contributed by atoms with E-state index in [0.717, 1.165) is 10.6 Å². The highest BCUT2D eigenvalue weighted by Crippen LogP contribution is 2.31. The number of nitrogens with zero attached hydrogens (tertiary/aromatic N) is 4. The first-order valence-electron chi connectivity index (χ1n) is 7.02. The minimum Gasteiger partial charge on any atom is -0.380 e. The SMILES string of the molecule is Cc1cc(NCc2cccs2)c(-c2nnnn2C)cc1S(N)(=O)=O. The second-order valence-corrected chi connectivity index (χ2v) is 7.83. The van der Waals surface area contributed by atoms with Gasteiger partial charge in [0.2, 0.25) is 10.0 Å². The first-order valence-corrected chi connectivity index (χ1v) is 9.45. The van der Waals surface area contributed by atoms with Crippen LogP contribution in [0, 0.1) is 6.92 Å². The second kappa shape index (κ2) is 6.30. The van der Waals surface area contributed by atoms with Crippen LogP contribution in [0.2, 0.25) is 0 Å². The molecule has 3 N–H and O–H groups in total. The average molecular weight is 364 g/mol. The molecular weight excluding hydrogens is 348 g/mol. The van der Waals surface area contributed by atoms with Gasteiger partial charge in [0.1, 0.15) is 0 Å². The van der Waals surface area contributed by atoms with Gasteiger partial charge in [-0.25, -0.2) is 18.2 Å². The molecule has 0 atom stereocenters. The summed E-state index contributed by atoms with van der Waals surface area (Å²) >= 11 is 1.64. The molecule has 2 aromatic heterocycles. The molecule has 0 amide bonds. The van der Waals surface area contributed by atoms with E-state index in [1.807, 2.05) is 17.5 Å². The van der Waals surface area contributed by atoms with E-state index in [2.05, 4.69) is 20.8 Å². The van der Waals surface area contributed by atoms with Crippen LogP contribution < -0.4 is 10.5 Å². The van der Waals surface area contributed by atoms with Crippen molar-refractivity contribution in [3.8, 4) is 11.4 Å². The molecule has 3 aromatic rings. The molecule has 0 fully saturated rings. The Kier molecular flexibility index (Phi) is 4.35. The fraction of sp³-hybridized carbons (Fsp3) is 0.214. The van der Waals surface area contributed by atoms with Crippen LogP contribution in [0.4, 0.5) is 5.69 Å². The molecule has 0 spiro atoms. The predicted octanol–water partition coefficient (Wildman–Crippen LogP) is 1.51. The number of aryl methyl sites for hydroxylation is 2. The quantitative estimate of drug-likeness (QED) is 0.709. The summed E-state index contributed by atoms with van der Waals surface area (Å²) in [5.74, 6) is 0.452. The summed E-state index contributed by atoms with van der Waals surface area (Å²) in [4.78, 5) is 1.22. The van der Waals surface area contributed by atoms with Crippen molar-refractivity contribution in [1.82, 2.24) is 20.2 Å². The maximum atomic E-state index is 11.8. The third kappa shape index (κ3) is 3.30. The Bertz CT molecular complexity index is 963. The summed E-state index contributed by atoms with van der Waals surface area (Å²) < 4.78 is 25.1. The molecule has 0 saturated carbocycles. The van der Waals surface area contributed by atoms with E-state index >= 15 is 0 Å². The normalized spacial score (nSPS) is 11.6. The van der Waals surface area contributed by atoms with E-state index < -0.39 is 10.0 Å². The van der Waals surface area contributed by atoms with E-state index in [1.165, 1.54) is 10.7 Å². The molecular formula is C14H16N6O2S2. The van der Waals surface area contributed by atoms with Crippen molar-refractivity contribution in [1.29, 1.82) is 0 Å². The van der Waals surface area contributed by atoms with Gasteiger partial charge in [-0.15, -0.1) is 16.4 Å². The standard InChI is InChI=1S/C14H16N6O2S2/c1-9-6-12(16-8-10-4-3-5-23-10)11(7-13(9)24(15,21)22)14-17-18-19-20(14)2/h3-7,16H,8H2,1-2H3,(H2,15,21,22). The van der Waals surface area contributed by atoms with Crippen LogP contribution in [-0.4, -0.2) is 28.6 Å². The van der Waals surface area contributed by atoms with Crippen LogP contribution in [0.15, 0.2) is 34.5 Å². The number of sulfonamides is 1. The van der Waals surface area contributed by atoms with Gasteiger partial charge in [-0.1, -0.05) is 6.07 Å². The molecule has 0 aliphatic carbocycles. The predicted molar refractivity (Wildman–Crippen MR) is 92.0 cm³/mol. The van der Waals surface area contributed by atoms with Gasteiger partial charge in [0.05, 0.1) is 4.90 Å². The molecule has 0 bridgehead atoms. The summed E-state index contributed by atoms with van der Waals surface area (Å²) in [6.45, 7) is 2.32. The number of nitrogens with two attached hydrogens (primary N) is 1. The van der Waals surface area contributed by atoms with E-state index in [9.17, 15) is 8.42 Å². The lowest BCUT2D eigenvalue weighted by Crippen LogP contribution is -2.15. The van der Waals surface area contributed by atoms with Gasteiger partial charge >= 0.3 is 0 Å². The lowest BCUT2D eigenvalue weighted by atomic mass is 10.1. The Balaban J connectivity index is 2.09. The maximum Gasteiger partial charge on any atom is 0.238 e. The number of hydrogen-bond donors (Lipinski definition) is 2. The van der Waals surface area contributed by atoms with Crippen LogP contribution in [0.5, 0.6) is 0 Å². The van der Waals surface area contributed by atoms with Crippen LogP contribution >= 0.6 is 11.3 Å². The number of tetrazole rings is 1. The highest BCUT2D eigenvalue weighted by Gasteiger charge is 2.19. The minimum absolute atomic E-state index is 0.0576. The Hall–Kier alpha value is -2.30. The van der Waals surface area contributed by atoms with Crippen molar-refractivity contribution in [2.75, 3.05) is 5.32 Å². The van der Waals surface area contributed by atoms with Gasteiger partial charge in [-0.2, -0.15) is 0 Å². The molecule has 2 heterocycles. The number of nitrogens with one attached hydrogen (secondary N) is 1. The zero-order chi connectivity index (χ0) is 17.3. The Labute approximate surface area is 143 Å². The van der Waals surface area contributed by atoms with Gasteiger partial charge in [-0.3, -0.25) is 0 Å². The Morgan fingerprint density at radius 1 is 1.38 bits per heavy atom. The Morgan fingerprint density at radius 2 is 2.17 bits per heavy atom. The molecule has 10 heteroatoms. The summed E-state index contributed by atoms with van der Waals surface area (Å²) in [6, 6.07) is 7.25. The first kappa shape index (κ1) is 16.6. The summed E-state index contributed by atoms with van der Waals surface area (Å²) in [5.41, 5.74) is 1.88. The third-order valence-corrected chi connectivity index (χ3v) is 5.45. The van der Waals surface area contributed by atoms with Crippen molar-refractivity contribution >= 4 is 27.0 Å². The van der Waals surface area contributed by atoms with Crippen LogP contribution in [0.25, 0.3) is 11.4 Å². The van der Waals surface area contributed by atoms with Gasteiger partial charge in [0, 0.05) is 29.7 Å². The lowest BCUT2D eigenvalue weighted by Gasteiger charge is -2.14. The van der Waals surface area contributed by atoms with Crippen molar-refractivity contribution < 1.29 is 8.42 Å². The van der Waals surface area contributed by atoms with Crippen molar-refractivity contribution in [2.45, 2.75) is 18.4 Å². The molecule has 24 heavy (non-hydrogen) atoms. The molecule has 126 valence electrons. The summed E-state index contributed by atoms with van der Waals surface area (Å²) in [5, 5.41) is 22.0. The third-order valence-electron chi connectivity index (χ3n) is 3.52. The van der Waals surface area contributed by atoms with Crippen LogP contribution in [-0.2, 0) is 23.6 Å². The highest BCUT2D eigenvalue weighted by molar-refractivity contribution is 7.89. The van der Waals surface area contributed by atoms with Gasteiger partial charge in [0.25, 0.3) is 0 Å². The van der Waals surface area contributed by atoms with E-state index in [1.54, 1.807) is 31.4 Å². The lowest BCUT2D eigenvalue weighted by molar-refractivity contribution is 0.597. The number of thiophene rings is 1. The van der Waals surface area contributed by atoms with Crippen molar-refractivity contribution in [2.24, 2.45) is 12.2 Å². The maximum absolute atomic E-state index is 11.8. The van der Waals surface area contributed by atoms with E-state index in [-0.39, 0.29) is 4.90 Å². The number of anilines is 1. The minimum atomic E-state index is -3.84. The van der Waals surface area contributed by atoms with E-state index in [4.69, 9.17) is 5.14 Å². The largest absolute Gasteiger partial charge is 0.380 e. The average Bonchev–Trinajstić information content (AvgIpc) is 3.15. The van der Waals surface area contributed by atoms with Crippen molar-refractivity contribution in [3.05, 3.63) is 40.1 Å².